The number of hydrogen-bond acceptors (Lipinski definition) is 3. The monoisotopic (exact) mass is 366 g/mol. The number of anilines is 2. The zero-order valence-corrected chi connectivity index (χ0v) is 14.9. The highest BCUT2D eigenvalue weighted by Crippen LogP contribution is 2.25. The lowest BCUT2D eigenvalue weighted by molar-refractivity contribution is -0.120. The molecule has 0 saturated heterocycles. The highest BCUT2D eigenvalue weighted by atomic mass is 16.4. The Hall–Kier alpha value is -3.15. The normalized spacial score (nSPS) is 14.4. The molecule has 6 heteroatoms. The van der Waals surface area contributed by atoms with E-state index >= 15 is 0 Å². The largest absolute Gasteiger partial charge is 0.478 e. The summed E-state index contributed by atoms with van der Waals surface area (Å²) in [6.45, 7) is 0. The molecule has 1 aliphatic carbocycles. The van der Waals surface area contributed by atoms with Crippen LogP contribution in [-0.4, -0.2) is 22.9 Å². The van der Waals surface area contributed by atoms with Crippen LogP contribution in [0, 0.1) is 5.92 Å². The summed E-state index contributed by atoms with van der Waals surface area (Å²) in [4.78, 5) is 36.2. The molecule has 0 bridgehead atoms. The Kier molecular flexibility index (Phi) is 5.86. The maximum absolute atomic E-state index is 12.5. The minimum absolute atomic E-state index is 0.0107. The van der Waals surface area contributed by atoms with E-state index in [-0.39, 0.29) is 23.1 Å². The van der Waals surface area contributed by atoms with Crippen molar-refractivity contribution in [3.8, 4) is 0 Å². The number of aromatic carboxylic acids is 1. The van der Waals surface area contributed by atoms with Gasteiger partial charge in [0.2, 0.25) is 5.91 Å². The Morgan fingerprint density at radius 1 is 0.889 bits per heavy atom. The van der Waals surface area contributed by atoms with Gasteiger partial charge < -0.3 is 15.7 Å². The van der Waals surface area contributed by atoms with Crippen LogP contribution < -0.4 is 10.6 Å². The van der Waals surface area contributed by atoms with Crippen molar-refractivity contribution < 1.29 is 19.5 Å². The first-order valence-corrected chi connectivity index (χ1v) is 9.09. The summed E-state index contributed by atoms with van der Waals surface area (Å²) in [7, 11) is 0. The van der Waals surface area contributed by atoms with Crippen molar-refractivity contribution in [1.29, 1.82) is 0 Å². The second-order valence-electron chi connectivity index (χ2n) is 6.71. The van der Waals surface area contributed by atoms with Crippen molar-refractivity contribution in [1.82, 2.24) is 0 Å². The van der Waals surface area contributed by atoms with Gasteiger partial charge in [-0.05, 0) is 43.2 Å². The third-order valence-electron chi connectivity index (χ3n) is 4.77. The van der Waals surface area contributed by atoms with E-state index in [0.29, 0.717) is 11.3 Å². The Labute approximate surface area is 157 Å². The average molecular weight is 366 g/mol. The molecule has 0 spiro atoms. The van der Waals surface area contributed by atoms with Crippen molar-refractivity contribution in [2.24, 2.45) is 5.92 Å². The first-order valence-electron chi connectivity index (χ1n) is 9.09. The fraction of sp³-hybridized carbons (Fsp3) is 0.286. The molecule has 1 aliphatic rings. The molecular formula is C21H22N2O4. The molecule has 3 N–H and O–H groups in total. The molecule has 1 saturated carbocycles. The molecule has 0 aromatic heterocycles. The summed E-state index contributed by atoms with van der Waals surface area (Å²) in [6, 6.07) is 12.9. The molecule has 0 heterocycles. The highest BCUT2D eigenvalue weighted by Gasteiger charge is 2.21. The first-order chi connectivity index (χ1) is 13.0. The van der Waals surface area contributed by atoms with E-state index in [0.717, 1.165) is 25.7 Å². The van der Waals surface area contributed by atoms with Crippen LogP contribution in [0.3, 0.4) is 0 Å². The third-order valence-corrected chi connectivity index (χ3v) is 4.77. The van der Waals surface area contributed by atoms with Crippen molar-refractivity contribution in [2.75, 3.05) is 10.6 Å². The fourth-order valence-corrected chi connectivity index (χ4v) is 3.32. The van der Waals surface area contributed by atoms with E-state index in [1.54, 1.807) is 36.4 Å². The van der Waals surface area contributed by atoms with Crippen LogP contribution in [0.15, 0.2) is 48.5 Å². The van der Waals surface area contributed by atoms with Crippen LogP contribution in [0.4, 0.5) is 11.4 Å². The second kappa shape index (κ2) is 8.49. The summed E-state index contributed by atoms with van der Waals surface area (Å²) in [5.41, 5.74) is 1.15. The molecule has 27 heavy (non-hydrogen) atoms. The van der Waals surface area contributed by atoms with Gasteiger partial charge in [-0.3, -0.25) is 9.59 Å². The van der Waals surface area contributed by atoms with E-state index < -0.39 is 11.9 Å². The highest BCUT2D eigenvalue weighted by molar-refractivity contribution is 6.08. The molecular weight excluding hydrogens is 344 g/mol. The number of carboxylic acid groups (broad SMARTS) is 1. The molecule has 2 aromatic carbocycles. The SMILES string of the molecule is O=C(Nc1ccccc1C(=O)O)c1cccc(NC(=O)C2CCCCC2)c1. The van der Waals surface area contributed by atoms with Crippen LogP contribution in [0.25, 0.3) is 0 Å². The molecule has 2 aromatic rings. The van der Waals surface area contributed by atoms with Crippen molar-refractivity contribution in [3.63, 3.8) is 0 Å². The predicted octanol–water partition coefficient (Wildman–Crippen LogP) is 4.16. The summed E-state index contributed by atoms with van der Waals surface area (Å²) in [6.07, 6.45) is 5.13. The van der Waals surface area contributed by atoms with Gasteiger partial charge in [-0.2, -0.15) is 0 Å². The number of carbonyl (C=O) groups excluding carboxylic acids is 2. The number of benzene rings is 2. The van der Waals surface area contributed by atoms with Crippen molar-refractivity contribution in [2.45, 2.75) is 32.1 Å². The molecule has 0 aliphatic heterocycles. The van der Waals surface area contributed by atoms with Gasteiger partial charge in [-0.25, -0.2) is 4.79 Å². The number of nitrogens with one attached hydrogen (secondary N) is 2. The predicted molar refractivity (Wildman–Crippen MR) is 103 cm³/mol. The standard InChI is InChI=1S/C21H22N2O4/c24-19(14-7-2-1-3-8-14)22-16-10-6-9-15(13-16)20(25)23-18-12-5-4-11-17(18)21(26)27/h4-6,9-14H,1-3,7-8H2,(H,22,24)(H,23,25)(H,26,27). The number of hydrogen-bond donors (Lipinski definition) is 3. The molecule has 3 rings (SSSR count). The van der Waals surface area contributed by atoms with Gasteiger partial charge in [0.1, 0.15) is 0 Å². The number of carboxylic acids is 1. The topological polar surface area (TPSA) is 95.5 Å². The summed E-state index contributed by atoms with van der Waals surface area (Å²) >= 11 is 0. The lowest BCUT2D eigenvalue weighted by Crippen LogP contribution is -2.24. The Morgan fingerprint density at radius 3 is 2.37 bits per heavy atom. The number of para-hydroxylation sites is 1. The maximum atomic E-state index is 12.5. The van der Waals surface area contributed by atoms with Crippen LogP contribution in [0.1, 0.15) is 52.8 Å². The van der Waals surface area contributed by atoms with Crippen molar-refractivity contribution >= 4 is 29.2 Å². The van der Waals surface area contributed by atoms with E-state index in [4.69, 9.17) is 0 Å². The van der Waals surface area contributed by atoms with E-state index in [1.807, 2.05) is 0 Å². The number of rotatable bonds is 5. The molecule has 1 fully saturated rings. The Balaban J connectivity index is 1.70. The minimum atomic E-state index is -1.11. The summed E-state index contributed by atoms with van der Waals surface area (Å²) in [5.74, 6) is -1.53. The fourth-order valence-electron chi connectivity index (χ4n) is 3.32. The zero-order chi connectivity index (χ0) is 19.2. The van der Waals surface area contributed by atoms with E-state index in [2.05, 4.69) is 10.6 Å². The smallest absolute Gasteiger partial charge is 0.337 e. The second-order valence-corrected chi connectivity index (χ2v) is 6.71. The van der Waals surface area contributed by atoms with E-state index in [1.165, 1.54) is 18.6 Å². The lowest BCUT2D eigenvalue weighted by Gasteiger charge is -2.20. The average Bonchev–Trinajstić information content (AvgIpc) is 2.69. The zero-order valence-electron chi connectivity index (χ0n) is 14.9. The van der Waals surface area contributed by atoms with Gasteiger partial charge in [0.15, 0.2) is 0 Å². The molecule has 140 valence electrons. The van der Waals surface area contributed by atoms with Crippen molar-refractivity contribution in [3.05, 3.63) is 59.7 Å². The van der Waals surface area contributed by atoms with Gasteiger partial charge in [-0.15, -0.1) is 0 Å². The van der Waals surface area contributed by atoms with E-state index in [9.17, 15) is 19.5 Å². The van der Waals surface area contributed by atoms with Crippen LogP contribution in [-0.2, 0) is 4.79 Å². The third kappa shape index (κ3) is 4.73. The number of amides is 2. The van der Waals surface area contributed by atoms with Crippen LogP contribution >= 0.6 is 0 Å². The van der Waals surface area contributed by atoms with Gasteiger partial charge >= 0.3 is 5.97 Å². The summed E-state index contributed by atoms with van der Waals surface area (Å²) < 4.78 is 0. The minimum Gasteiger partial charge on any atom is -0.478 e. The van der Waals surface area contributed by atoms with Gasteiger partial charge in [0, 0.05) is 17.2 Å². The molecule has 0 atom stereocenters. The molecule has 0 radical (unpaired) electrons. The molecule has 6 nitrogen and oxygen atoms in total. The van der Waals surface area contributed by atoms with Gasteiger partial charge in [0.25, 0.3) is 5.91 Å². The number of carbonyl (C=O) groups is 3. The summed E-state index contributed by atoms with van der Waals surface area (Å²) in [5, 5.41) is 14.7. The molecule has 0 unspecified atom stereocenters. The van der Waals surface area contributed by atoms with Gasteiger partial charge in [0.05, 0.1) is 11.3 Å². The lowest BCUT2D eigenvalue weighted by atomic mass is 9.88. The Bertz CT molecular complexity index is 857. The van der Waals surface area contributed by atoms with Crippen LogP contribution in [0.5, 0.6) is 0 Å². The Morgan fingerprint density at radius 2 is 1.63 bits per heavy atom. The maximum Gasteiger partial charge on any atom is 0.337 e. The van der Waals surface area contributed by atoms with Gasteiger partial charge in [-0.1, -0.05) is 37.5 Å². The molecule has 2 amide bonds. The first kappa shape index (κ1) is 18.6. The van der Waals surface area contributed by atoms with Crippen LogP contribution in [0.2, 0.25) is 0 Å². The quantitative estimate of drug-likeness (QED) is 0.740.